The molecule has 1 atom stereocenters. The van der Waals surface area contributed by atoms with Crippen molar-refractivity contribution in [2.24, 2.45) is 0 Å². The summed E-state index contributed by atoms with van der Waals surface area (Å²) in [6.45, 7) is 0.239. The summed E-state index contributed by atoms with van der Waals surface area (Å²) >= 11 is 5.86. The van der Waals surface area contributed by atoms with Crippen molar-refractivity contribution < 1.29 is 22.3 Å². The van der Waals surface area contributed by atoms with Crippen LogP contribution in [0.5, 0.6) is 11.5 Å². The molecule has 0 fully saturated rings. The molecular formula is C16H15ClFNO4S. The first-order valence-corrected chi connectivity index (χ1v) is 9.26. The Morgan fingerprint density at radius 2 is 1.92 bits per heavy atom. The first-order valence-electron chi connectivity index (χ1n) is 7.23. The summed E-state index contributed by atoms with van der Waals surface area (Å²) in [6.07, 6.45) is -0.467. The van der Waals surface area contributed by atoms with Crippen molar-refractivity contribution in [3.63, 3.8) is 0 Å². The predicted molar refractivity (Wildman–Crippen MR) is 88.4 cm³/mol. The Kier molecular flexibility index (Phi) is 4.93. The molecule has 1 aliphatic heterocycles. The minimum absolute atomic E-state index is 0.0166. The smallest absolute Gasteiger partial charge is 0.216 e. The van der Waals surface area contributed by atoms with Gasteiger partial charge in [-0.05, 0) is 24.3 Å². The lowest BCUT2D eigenvalue weighted by atomic mass is 10.2. The van der Waals surface area contributed by atoms with Crippen LogP contribution in [0.25, 0.3) is 0 Å². The first-order chi connectivity index (χ1) is 11.4. The zero-order chi connectivity index (χ0) is 17.2. The van der Waals surface area contributed by atoms with Crippen LogP contribution in [-0.2, 0) is 15.8 Å². The Labute approximate surface area is 144 Å². The van der Waals surface area contributed by atoms with Gasteiger partial charge in [-0.2, -0.15) is 0 Å². The van der Waals surface area contributed by atoms with Crippen molar-refractivity contribution >= 4 is 21.6 Å². The highest BCUT2D eigenvalue weighted by Gasteiger charge is 2.23. The Hall–Kier alpha value is -1.83. The SMILES string of the molecule is O=S(=O)(Cc1c(F)cccc1Cl)NCC1COc2ccccc2O1. The Bertz CT molecular complexity index is 823. The second kappa shape index (κ2) is 6.96. The number of hydrogen-bond donors (Lipinski definition) is 1. The van der Waals surface area contributed by atoms with Gasteiger partial charge >= 0.3 is 0 Å². The fourth-order valence-corrected chi connectivity index (χ4v) is 3.82. The van der Waals surface area contributed by atoms with Gasteiger partial charge < -0.3 is 9.47 Å². The maximum Gasteiger partial charge on any atom is 0.216 e. The number of fused-ring (bicyclic) bond motifs is 1. The molecule has 5 nitrogen and oxygen atoms in total. The van der Waals surface area contributed by atoms with Gasteiger partial charge in [-0.15, -0.1) is 0 Å². The highest BCUT2D eigenvalue weighted by atomic mass is 35.5. The normalized spacial score (nSPS) is 16.8. The van der Waals surface area contributed by atoms with Crippen LogP contribution in [0.4, 0.5) is 4.39 Å². The van der Waals surface area contributed by atoms with Crippen LogP contribution < -0.4 is 14.2 Å². The molecule has 8 heteroatoms. The summed E-state index contributed by atoms with van der Waals surface area (Å²) in [7, 11) is -3.77. The largest absolute Gasteiger partial charge is 0.486 e. The molecule has 0 aliphatic carbocycles. The molecule has 24 heavy (non-hydrogen) atoms. The molecule has 0 bridgehead atoms. The number of hydrogen-bond acceptors (Lipinski definition) is 4. The van der Waals surface area contributed by atoms with Gasteiger partial charge in [0.2, 0.25) is 10.0 Å². The Morgan fingerprint density at radius 1 is 1.17 bits per heavy atom. The van der Waals surface area contributed by atoms with E-state index in [1.165, 1.54) is 18.2 Å². The number of para-hydroxylation sites is 2. The molecule has 1 N–H and O–H groups in total. The van der Waals surface area contributed by atoms with Gasteiger partial charge in [0.05, 0.1) is 12.3 Å². The molecule has 0 aromatic heterocycles. The summed E-state index contributed by atoms with van der Waals surface area (Å²) in [5.74, 6) is -0.0123. The Morgan fingerprint density at radius 3 is 2.67 bits per heavy atom. The maximum atomic E-state index is 13.7. The third-order valence-corrected chi connectivity index (χ3v) is 5.12. The average molecular weight is 372 g/mol. The molecule has 1 heterocycles. The van der Waals surface area contributed by atoms with Crippen molar-refractivity contribution in [2.45, 2.75) is 11.9 Å². The van der Waals surface area contributed by atoms with Gasteiger partial charge in [0.15, 0.2) is 11.5 Å². The van der Waals surface area contributed by atoms with Crippen LogP contribution >= 0.6 is 11.6 Å². The van der Waals surface area contributed by atoms with Crippen molar-refractivity contribution in [1.29, 1.82) is 0 Å². The van der Waals surface area contributed by atoms with Crippen molar-refractivity contribution in [2.75, 3.05) is 13.2 Å². The van der Waals surface area contributed by atoms with Crippen molar-refractivity contribution in [3.8, 4) is 11.5 Å². The molecule has 2 aromatic carbocycles. The molecule has 0 amide bonds. The third kappa shape index (κ3) is 3.98. The van der Waals surface area contributed by atoms with E-state index >= 15 is 0 Å². The maximum absolute atomic E-state index is 13.7. The molecule has 128 valence electrons. The van der Waals surface area contributed by atoms with E-state index in [1.807, 2.05) is 6.07 Å². The van der Waals surface area contributed by atoms with E-state index in [0.717, 1.165) is 0 Å². The van der Waals surface area contributed by atoms with Crippen LogP contribution in [0.2, 0.25) is 5.02 Å². The minimum Gasteiger partial charge on any atom is -0.486 e. The van der Waals surface area contributed by atoms with Crippen molar-refractivity contribution in [1.82, 2.24) is 4.72 Å². The topological polar surface area (TPSA) is 64.6 Å². The van der Waals surface area contributed by atoms with Crippen LogP contribution in [0.15, 0.2) is 42.5 Å². The molecule has 1 unspecified atom stereocenters. The van der Waals surface area contributed by atoms with E-state index < -0.39 is 27.7 Å². The number of nitrogens with one attached hydrogen (secondary N) is 1. The predicted octanol–water partition coefficient (Wildman–Crippen LogP) is 2.74. The summed E-state index contributed by atoms with van der Waals surface area (Å²) in [5.41, 5.74) is -0.0576. The van der Waals surface area contributed by atoms with Gasteiger partial charge in [0, 0.05) is 10.6 Å². The van der Waals surface area contributed by atoms with E-state index in [2.05, 4.69) is 4.72 Å². The van der Waals surface area contributed by atoms with Crippen LogP contribution in [0, 0.1) is 5.82 Å². The van der Waals surface area contributed by atoms with Gasteiger partial charge in [0.25, 0.3) is 0 Å². The fraction of sp³-hybridized carbons (Fsp3) is 0.250. The van der Waals surface area contributed by atoms with E-state index in [4.69, 9.17) is 21.1 Å². The molecule has 0 saturated heterocycles. The van der Waals surface area contributed by atoms with E-state index in [9.17, 15) is 12.8 Å². The number of ether oxygens (including phenoxy) is 2. The number of sulfonamides is 1. The first kappa shape index (κ1) is 17.0. The lowest BCUT2D eigenvalue weighted by Crippen LogP contribution is -2.41. The van der Waals surface area contributed by atoms with Gasteiger partial charge in [0.1, 0.15) is 18.5 Å². The molecule has 1 aliphatic rings. The van der Waals surface area contributed by atoms with Crippen molar-refractivity contribution in [3.05, 3.63) is 58.9 Å². The molecule has 2 aromatic rings. The highest BCUT2D eigenvalue weighted by Crippen LogP contribution is 2.30. The monoisotopic (exact) mass is 371 g/mol. The van der Waals surface area contributed by atoms with Crippen LogP contribution in [0.1, 0.15) is 5.56 Å². The molecule has 0 saturated carbocycles. The fourth-order valence-electron chi connectivity index (χ4n) is 2.29. The number of rotatable bonds is 5. The van der Waals surface area contributed by atoms with Crippen LogP contribution in [-0.4, -0.2) is 27.7 Å². The molecule has 3 rings (SSSR count). The second-order valence-electron chi connectivity index (χ2n) is 5.31. The Balaban J connectivity index is 1.62. The second-order valence-corrected chi connectivity index (χ2v) is 7.52. The van der Waals surface area contributed by atoms with E-state index in [1.54, 1.807) is 18.2 Å². The van der Waals surface area contributed by atoms with Gasteiger partial charge in [-0.1, -0.05) is 29.8 Å². The lowest BCUT2D eigenvalue weighted by molar-refractivity contribution is 0.0943. The molecular weight excluding hydrogens is 357 g/mol. The zero-order valence-electron chi connectivity index (χ0n) is 12.5. The minimum atomic E-state index is -3.77. The zero-order valence-corrected chi connectivity index (χ0v) is 14.1. The van der Waals surface area contributed by atoms with Gasteiger partial charge in [-0.3, -0.25) is 0 Å². The van der Waals surface area contributed by atoms with Crippen LogP contribution in [0.3, 0.4) is 0 Å². The van der Waals surface area contributed by atoms with E-state index in [-0.39, 0.29) is 23.7 Å². The van der Waals surface area contributed by atoms with Gasteiger partial charge in [-0.25, -0.2) is 17.5 Å². The summed E-state index contributed by atoms with van der Waals surface area (Å²) in [6, 6.07) is 11.2. The van der Waals surface area contributed by atoms with E-state index in [0.29, 0.717) is 11.5 Å². The number of benzene rings is 2. The molecule has 0 spiro atoms. The lowest BCUT2D eigenvalue weighted by Gasteiger charge is -2.26. The highest BCUT2D eigenvalue weighted by molar-refractivity contribution is 7.88. The summed E-state index contributed by atoms with van der Waals surface area (Å²) in [5, 5.41) is 0.0755. The average Bonchev–Trinajstić information content (AvgIpc) is 2.56. The quantitative estimate of drug-likeness (QED) is 0.877. The molecule has 0 radical (unpaired) electrons. The third-order valence-electron chi connectivity index (χ3n) is 3.49. The summed E-state index contributed by atoms with van der Waals surface area (Å²) in [4.78, 5) is 0. The number of halogens is 2. The standard InChI is InChI=1S/C16H15ClFNO4S/c17-13-4-3-5-14(18)12(13)10-24(20,21)19-8-11-9-22-15-6-1-2-7-16(15)23-11/h1-7,11,19H,8-10H2. The summed E-state index contributed by atoms with van der Waals surface area (Å²) < 4.78 is 51.6.